The van der Waals surface area contributed by atoms with Crippen molar-refractivity contribution in [2.45, 2.75) is 13.3 Å². The predicted molar refractivity (Wildman–Crippen MR) is 88.0 cm³/mol. The van der Waals surface area contributed by atoms with Crippen LogP contribution in [-0.4, -0.2) is 34.9 Å². The van der Waals surface area contributed by atoms with Gasteiger partial charge in [-0.05, 0) is 36.6 Å². The minimum Gasteiger partial charge on any atom is -0.324 e. The molecule has 3 heterocycles. The molecule has 0 bridgehead atoms. The third-order valence-electron chi connectivity index (χ3n) is 3.51. The van der Waals surface area contributed by atoms with E-state index in [1.54, 1.807) is 0 Å². The molecular formula is C15H15N7. The number of guanidine groups is 2. The van der Waals surface area contributed by atoms with Crippen molar-refractivity contribution in [1.29, 1.82) is 0 Å². The van der Waals surface area contributed by atoms with Crippen LogP contribution in [-0.2, 0) is 6.42 Å². The van der Waals surface area contributed by atoms with Crippen LogP contribution in [0.2, 0.25) is 0 Å². The molecule has 2 aromatic rings. The predicted octanol–water partition coefficient (Wildman–Crippen LogP) is 1.94. The lowest BCUT2D eigenvalue weighted by molar-refractivity contribution is 0.953. The topological polar surface area (TPSA) is 89.8 Å². The Balaban J connectivity index is 1.39. The van der Waals surface area contributed by atoms with Crippen molar-refractivity contribution in [3.63, 3.8) is 0 Å². The molecule has 0 radical (unpaired) electrons. The highest BCUT2D eigenvalue weighted by Crippen LogP contribution is 2.19. The second kappa shape index (κ2) is 5.10. The molecule has 110 valence electrons. The molecule has 0 spiro atoms. The molecule has 2 aliphatic rings. The van der Waals surface area contributed by atoms with Crippen molar-refractivity contribution in [2.24, 2.45) is 15.0 Å². The van der Waals surface area contributed by atoms with Gasteiger partial charge in [0, 0.05) is 30.2 Å². The summed E-state index contributed by atoms with van der Waals surface area (Å²) in [7, 11) is 0. The van der Waals surface area contributed by atoms with Crippen molar-refractivity contribution in [1.82, 2.24) is 10.2 Å². The van der Waals surface area contributed by atoms with E-state index in [0.717, 1.165) is 24.3 Å². The summed E-state index contributed by atoms with van der Waals surface area (Å²) in [4.78, 5) is 12.9. The van der Waals surface area contributed by atoms with Crippen molar-refractivity contribution in [3.05, 3.63) is 41.1 Å². The number of benzene rings is 1. The highest BCUT2D eigenvalue weighted by molar-refractivity contribution is 6.18. The molecule has 3 N–H and O–H groups in total. The Morgan fingerprint density at radius 3 is 2.77 bits per heavy atom. The molecule has 22 heavy (non-hydrogen) atoms. The fourth-order valence-corrected chi connectivity index (χ4v) is 2.42. The smallest absolute Gasteiger partial charge is 0.235 e. The molecule has 0 fully saturated rings. The van der Waals surface area contributed by atoms with Gasteiger partial charge in [-0.15, -0.1) is 0 Å². The van der Waals surface area contributed by atoms with Crippen LogP contribution in [0, 0.1) is 6.92 Å². The highest BCUT2D eigenvalue weighted by Gasteiger charge is 2.15. The van der Waals surface area contributed by atoms with E-state index in [-0.39, 0.29) is 0 Å². The average Bonchev–Trinajstić information content (AvgIpc) is 2.90. The molecule has 1 aromatic heterocycles. The molecule has 0 atom stereocenters. The number of aromatic nitrogens is 2. The average molecular weight is 293 g/mol. The lowest BCUT2D eigenvalue weighted by Crippen LogP contribution is -2.26. The van der Waals surface area contributed by atoms with Crippen LogP contribution in [0.1, 0.15) is 16.8 Å². The SMILES string of the molecule is Cc1cc(NC2=NC(Nc3ccc4c(c3)CCN=C4)=N2)n[nH]1. The van der Waals surface area contributed by atoms with Crippen LogP contribution in [0.15, 0.2) is 39.2 Å². The van der Waals surface area contributed by atoms with E-state index in [9.17, 15) is 0 Å². The summed E-state index contributed by atoms with van der Waals surface area (Å²) in [6, 6.07) is 8.10. The summed E-state index contributed by atoms with van der Waals surface area (Å²) in [5.74, 6) is 1.87. The van der Waals surface area contributed by atoms with Gasteiger partial charge in [-0.1, -0.05) is 6.07 Å². The molecule has 4 rings (SSSR count). The van der Waals surface area contributed by atoms with E-state index in [0.29, 0.717) is 17.7 Å². The summed E-state index contributed by atoms with van der Waals surface area (Å²) in [5, 5.41) is 13.2. The maximum absolute atomic E-state index is 4.30. The summed E-state index contributed by atoms with van der Waals surface area (Å²) >= 11 is 0. The number of rotatable bonds is 2. The highest BCUT2D eigenvalue weighted by atomic mass is 15.3. The van der Waals surface area contributed by atoms with E-state index in [2.05, 4.69) is 47.9 Å². The van der Waals surface area contributed by atoms with Gasteiger partial charge in [-0.2, -0.15) is 15.1 Å². The zero-order valence-corrected chi connectivity index (χ0v) is 12.1. The van der Waals surface area contributed by atoms with Gasteiger partial charge in [0.05, 0.1) is 0 Å². The molecule has 0 unspecified atom stereocenters. The first-order valence-corrected chi connectivity index (χ1v) is 7.12. The number of aryl methyl sites for hydroxylation is 1. The molecule has 7 heteroatoms. The molecule has 2 aliphatic heterocycles. The van der Waals surface area contributed by atoms with Crippen LogP contribution in [0.3, 0.4) is 0 Å². The number of aromatic amines is 1. The van der Waals surface area contributed by atoms with Crippen molar-refractivity contribution >= 4 is 29.6 Å². The molecule has 1 aromatic carbocycles. The minimum atomic E-state index is 0.555. The van der Waals surface area contributed by atoms with Crippen molar-refractivity contribution in [3.8, 4) is 0 Å². The Bertz CT molecular complexity index is 813. The molecular weight excluding hydrogens is 278 g/mol. The maximum atomic E-state index is 4.30. The minimum absolute atomic E-state index is 0.555. The van der Waals surface area contributed by atoms with Gasteiger partial charge in [0.25, 0.3) is 0 Å². The first kappa shape index (κ1) is 12.8. The third-order valence-corrected chi connectivity index (χ3v) is 3.51. The second-order valence-electron chi connectivity index (χ2n) is 5.26. The van der Waals surface area contributed by atoms with Crippen LogP contribution in [0.25, 0.3) is 0 Å². The Kier molecular flexibility index (Phi) is 2.96. The molecule has 0 aliphatic carbocycles. The van der Waals surface area contributed by atoms with Gasteiger partial charge in [0.15, 0.2) is 5.82 Å². The number of anilines is 2. The Morgan fingerprint density at radius 1 is 1.09 bits per heavy atom. The fraction of sp³-hybridized carbons (Fsp3) is 0.200. The molecule has 0 amide bonds. The normalized spacial score (nSPS) is 15.5. The number of H-pyrrole nitrogens is 1. The summed E-state index contributed by atoms with van der Waals surface area (Å²) in [6.07, 6.45) is 2.90. The van der Waals surface area contributed by atoms with Gasteiger partial charge in [-0.25, -0.2) is 0 Å². The fourth-order valence-electron chi connectivity index (χ4n) is 2.42. The molecule has 7 nitrogen and oxygen atoms in total. The van der Waals surface area contributed by atoms with E-state index in [1.165, 1.54) is 11.1 Å². The van der Waals surface area contributed by atoms with Gasteiger partial charge >= 0.3 is 0 Å². The van der Waals surface area contributed by atoms with Crippen molar-refractivity contribution in [2.75, 3.05) is 17.2 Å². The van der Waals surface area contributed by atoms with E-state index >= 15 is 0 Å². The van der Waals surface area contributed by atoms with Crippen LogP contribution in [0.5, 0.6) is 0 Å². The largest absolute Gasteiger partial charge is 0.324 e. The van der Waals surface area contributed by atoms with Gasteiger partial charge in [0.1, 0.15) is 0 Å². The van der Waals surface area contributed by atoms with Crippen LogP contribution >= 0.6 is 0 Å². The first-order chi connectivity index (χ1) is 10.8. The number of nitrogens with zero attached hydrogens (tertiary/aromatic N) is 4. The number of hydrogen-bond acceptors (Lipinski definition) is 6. The second-order valence-corrected chi connectivity index (χ2v) is 5.26. The Hall–Kier alpha value is -2.96. The number of aliphatic imine (C=N–C) groups is 3. The van der Waals surface area contributed by atoms with E-state index in [1.807, 2.05) is 25.3 Å². The summed E-state index contributed by atoms with van der Waals surface area (Å²) in [5.41, 5.74) is 4.47. The monoisotopic (exact) mass is 293 g/mol. The van der Waals surface area contributed by atoms with Gasteiger partial charge < -0.3 is 10.6 Å². The number of fused-ring (bicyclic) bond motifs is 1. The zero-order valence-electron chi connectivity index (χ0n) is 12.1. The van der Waals surface area contributed by atoms with Gasteiger partial charge in [-0.3, -0.25) is 10.1 Å². The van der Waals surface area contributed by atoms with Gasteiger partial charge in [0.2, 0.25) is 11.9 Å². The lowest BCUT2D eigenvalue weighted by Gasteiger charge is -2.16. The number of nitrogens with one attached hydrogen (secondary N) is 3. The Labute approximate surface area is 127 Å². The number of hydrogen-bond donors (Lipinski definition) is 3. The Morgan fingerprint density at radius 2 is 1.95 bits per heavy atom. The summed E-state index contributed by atoms with van der Waals surface area (Å²) < 4.78 is 0. The molecule has 0 saturated heterocycles. The maximum Gasteiger partial charge on any atom is 0.235 e. The van der Waals surface area contributed by atoms with E-state index < -0.39 is 0 Å². The zero-order chi connectivity index (χ0) is 14.9. The third kappa shape index (κ3) is 2.48. The van der Waals surface area contributed by atoms with E-state index in [4.69, 9.17) is 0 Å². The lowest BCUT2D eigenvalue weighted by atomic mass is 10.0. The molecule has 0 saturated carbocycles. The quantitative estimate of drug-likeness (QED) is 0.790. The first-order valence-electron chi connectivity index (χ1n) is 7.12. The van der Waals surface area contributed by atoms with Crippen LogP contribution in [0.4, 0.5) is 11.5 Å². The van der Waals surface area contributed by atoms with Crippen LogP contribution < -0.4 is 10.6 Å². The standard InChI is InChI=1S/C15H15N7/c1-9-6-13(22-21-9)18-15-19-14(20-15)17-12-3-2-11-8-16-5-4-10(11)7-12/h2-3,6-8H,4-5H2,1H3,(H3,17,18,19,20,21,22). The van der Waals surface area contributed by atoms with Crippen molar-refractivity contribution < 1.29 is 0 Å². The summed E-state index contributed by atoms with van der Waals surface area (Å²) in [6.45, 7) is 2.80.